The van der Waals surface area contributed by atoms with E-state index < -0.39 is 0 Å². The predicted octanol–water partition coefficient (Wildman–Crippen LogP) is 3.07. The van der Waals surface area contributed by atoms with Crippen molar-refractivity contribution < 1.29 is 9.18 Å². The molecule has 1 aliphatic carbocycles. The van der Waals surface area contributed by atoms with Gasteiger partial charge in [0.2, 0.25) is 0 Å². The summed E-state index contributed by atoms with van der Waals surface area (Å²) in [4.78, 5) is 11.2. The van der Waals surface area contributed by atoms with Crippen LogP contribution in [0.4, 0.5) is 4.39 Å². The van der Waals surface area contributed by atoms with Crippen LogP contribution in [0.2, 0.25) is 0 Å². The molecule has 1 aromatic carbocycles. The second-order valence-electron chi connectivity index (χ2n) is 3.18. The summed E-state index contributed by atoms with van der Waals surface area (Å²) in [6.45, 7) is 7.72. The van der Waals surface area contributed by atoms with Crippen LogP contribution in [0.3, 0.4) is 0 Å². The van der Waals surface area contributed by atoms with Gasteiger partial charge in [0.05, 0.1) is 0 Å². The number of carbonyl (C=O) groups excluding carboxylic acids is 1. The lowest BCUT2D eigenvalue weighted by Crippen LogP contribution is -1.93. The number of hydrogen-bond donors (Lipinski definition) is 0. The Balaban J connectivity index is 0.000000461. The zero-order valence-electron chi connectivity index (χ0n) is 8.27. The molecule has 0 aromatic heterocycles. The van der Waals surface area contributed by atoms with Crippen LogP contribution < -0.4 is 0 Å². The fraction of sp³-hybridized carbons (Fsp3) is 0.250. The topological polar surface area (TPSA) is 17.1 Å². The molecule has 1 aliphatic rings. The van der Waals surface area contributed by atoms with Crippen LogP contribution in [-0.2, 0) is 6.42 Å². The first kappa shape index (κ1) is 10.6. The van der Waals surface area contributed by atoms with E-state index in [9.17, 15) is 9.18 Å². The molecule has 0 heterocycles. The van der Waals surface area contributed by atoms with Crippen molar-refractivity contribution >= 4 is 5.78 Å². The standard InChI is InChI=1S/C10H9FO.C2H4/c1-6-4-7-2-3-10(12)8(7)5-9(6)11;1-2/h4-5H,2-3H2,1H3;1-2H2. The van der Waals surface area contributed by atoms with Gasteiger partial charge in [-0.25, -0.2) is 4.39 Å². The molecule has 0 amide bonds. The molecule has 14 heavy (non-hydrogen) atoms. The first-order valence-electron chi connectivity index (χ1n) is 4.50. The summed E-state index contributed by atoms with van der Waals surface area (Å²) in [6, 6.07) is 3.13. The van der Waals surface area contributed by atoms with Gasteiger partial charge < -0.3 is 0 Å². The lowest BCUT2D eigenvalue weighted by Gasteiger charge is -2.00. The summed E-state index contributed by atoms with van der Waals surface area (Å²) in [5.74, 6) is -0.201. The zero-order chi connectivity index (χ0) is 10.7. The highest BCUT2D eigenvalue weighted by Crippen LogP contribution is 2.24. The molecular weight excluding hydrogens is 179 g/mol. The molecule has 0 unspecified atom stereocenters. The first-order valence-corrected chi connectivity index (χ1v) is 4.50. The van der Waals surface area contributed by atoms with E-state index in [0.29, 0.717) is 17.5 Å². The smallest absolute Gasteiger partial charge is 0.163 e. The monoisotopic (exact) mass is 192 g/mol. The van der Waals surface area contributed by atoms with Crippen molar-refractivity contribution in [3.63, 3.8) is 0 Å². The summed E-state index contributed by atoms with van der Waals surface area (Å²) in [5, 5.41) is 0. The van der Waals surface area contributed by atoms with E-state index in [1.807, 2.05) is 0 Å². The van der Waals surface area contributed by atoms with Gasteiger partial charge in [-0.05, 0) is 30.5 Å². The number of Topliss-reactive ketones (excluding diaryl/α,β-unsaturated/α-hetero) is 1. The molecule has 2 rings (SSSR count). The van der Waals surface area contributed by atoms with Gasteiger partial charge in [0.15, 0.2) is 5.78 Å². The molecule has 0 bridgehead atoms. The van der Waals surface area contributed by atoms with Crippen molar-refractivity contribution in [1.82, 2.24) is 0 Å². The molecule has 0 fully saturated rings. The molecule has 0 saturated carbocycles. The van der Waals surface area contributed by atoms with Crippen molar-refractivity contribution in [3.8, 4) is 0 Å². The van der Waals surface area contributed by atoms with Gasteiger partial charge in [0.25, 0.3) is 0 Å². The third-order valence-electron chi connectivity index (χ3n) is 2.31. The lowest BCUT2D eigenvalue weighted by atomic mass is 10.1. The van der Waals surface area contributed by atoms with E-state index in [2.05, 4.69) is 13.2 Å². The molecule has 1 aromatic rings. The van der Waals surface area contributed by atoms with Crippen LogP contribution >= 0.6 is 0 Å². The molecule has 1 nitrogen and oxygen atoms in total. The number of aryl methyl sites for hydroxylation is 2. The maximum Gasteiger partial charge on any atom is 0.163 e. The van der Waals surface area contributed by atoms with E-state index in [0.717, 1.165) is 12.0 Å². The number of fused-ring (bicyclic) bond motifs is 1. The number of benzene rings is 1. The van der Waals surface area contributed by atoms with Crippen molar-refractivity contribution in [1.29, 1.82) is 0 Å². The minimum Gasteiger partial charge on any atom is -0.294 e. The van der Waals surface area contributed by atoms with Crippen molar-refractivity contribution in [2.45, 2.75) is 19.8 Å². The summed E-state index contributed by atoms with van der Waals surface area (Å²) >= 11 is 0. The normalized spacial score (nSPS) is 13.1. The van der Waals surface area contributed by atoms with Crippen molar-refractivity contribution in [2.75, 3.05) is 0 Å². The molecule has 0 N–H and O–H groups in total. The Morgan fingerprint density at radius 1 is 1.29 bits per heavy atom. The third-order valence-corrected chi connectivity index (χ3v) is 2.31. The molecule has 0 atom stereocenters. The Morgan fingerprint density at radius 2 is 1.93 bits per heavy atom. The van der Waals surface area contributed by atoms with E-state index in [4.69, 9.17) is 0 Å². The minimum absolute atomic E-state index is 0.0731. The summed E-state index contributed by atoms with van der Waals surface area (Å²) in [5.41, 5.74) is 2.21. The molecule has 0 spiro atoms. The summed E-state index contributed by atoms with van der Waals surface area (Å²) < 4.78 is 13.0. The maximum atomic E-state index is 13.0. The second-order valence-corrected chi connectivity index (χ2v) is 3.18. The van der Waals surface area contributed by atoms with Gasteiger partial charge in [-0.2, -0.15) is 0 Å². The number of halogens is 1. The maximum absolute atomic E-state index is 13.0. The van der Waals surface area contributed by atoms with E-state index >= 15 is 0 Å². The molecule has 0 radical (unpaired) electrons. The van der Waals surface area contributed by atoms with Gasteiger partial charge in [-0.1, -0.05) is 6.07 Å². The number of rotatable bonds is 0. The quantitative estimate of drug-likeness (QED) is 0.577. The third kappa shape index (κ3) is 1.74. The van der Waals surface area contributed by atoms with Gasteiger partial charge in [0.1, 0.15) is 5.82 Å². The SMILES string of the molecule is C=C.Cc1cc2c(cc1F)C(=O)CC2. The Kier molecular flexibility index (Phi) is 3.18. The predicted molar refractivity (Wildman–Crippen MR) is 55.0 cm³/mol. The average Bonchev–Trinajstić information content (AvgIpc) is 2.53. The average molecular weight is 192 g/mol. The highest BCUT2D eigenvalue weighted by atomic mass is 19.1. The van der Waals surface area contributed by atoms with Gasteiger partial charge in [-0.15, -0.1) is 13.2 Å². The first-order chi connectivity index (χ1) is 6.68. The van der Waals surface area contributed by atoms with Crippen LogP contribution in [-0.4, -0.2) is 5.78 Å². The molecule has 0 saturated heterocycles. The summed E-state index contributed by atoms with van der Waals surface area (Å²) in [7, 11) is 0. The number of ketones is 1. The van der Waals surface area contributed by atoms with E-state index in [-0.39, 0.29) is 11.6 Å². The molecule has 0 aliphatic heterocycles. The Morgan fingerprint density at radius 3 is 2.57 bits per heavy atom. The van der Waals surface area contributed by atoms with Crippen LogP contribution in [0.15, 0.2) is 25.3 Å². The zero-order valence-corrected chi connectivity index (χ0v) is 8.27. The highest BCUT2D eigenvalue weighted by molar-refractivity contribution is 6.00. The van der Waals surface area contributed by atoms with Gasteiger partial charge in [0, 0.05) is 12.0 Å². The van der Waals surface area contributed by atoms with Crippen molar-refractivity contribution in [3.05, 3.63) is 47.8 Å². The minimum atomic E-state index is -0.274. The Labute approximate surface area is 83.3 Å². The Bertz CT molecular complexity index is 369. The highest BCUT2D eigenvalue weighted by Gasteiger charge is 2.20. The fourth-order valence-corrected chi connectivity index (χ4v) is 1.59. The molecule has 74 valence electrons. The molecular formula is C12H13FO. The molecule has 2 heteroatoms. The summed E-state index contributed by atoms with van der Waals surface area (Å²) in [6.07, 6.45) is 1.31. The number of hydrogen-bond acceptors (Lipinski definition) is 1. The van der Waals surface area contributed by atoms with Crippen LogP contribution in [0.25, 0.3) is 0 Å². The van der Waals surface area contributed by atoms with Gasteiger partial charge >= 0.3 is 0 Å². The number of carbonyl (C=O) groups is 1. The van der Waals surface area contributed by atoms with Crippen LogP contribution in [0.5, 0.6) is 0 Å². The fourth-order valence-electron chi connectivity index (χ4n) is 1.59. The van der Waals surface area contributed by atoms with Gasteiger partial charge in [-0.3, -0.25) is 4.79 Å². The van der Waals surface area contributed by atoms with Crippen LogP contribution in [0.1, 0.15) is 27.9 Å². The van der Waals surface area contributed by atoms with E-state index in [1.54, 1.807) is 13.0 Å². The Hall–Kier alpha value is -1.44. The largest absolute Gasteiger partial charge is 0.294 e. The lowest BCUT2D eigenvalue weighted by molar-refractivity contribution is 0.0994. The van der Waals surface area contributed by atoms with Crippen molar-refractivity contribution in [2.24, 2.45) is 0 Å². The van der Waals surface area contributed by atoms with Crippen LogP contribution in [0, 0.1) is 12.7 Å². The van der Waals surface area contributed by atoms with E-state index in [1.165, 1.54) is 6.07 Å². The second kappa shape index (κ2) is 4.18.